The first-order valence-corrected chi connectivity index (χ1v) is 6.21. The highest BCUT2D eigenvalue weighted by Gasteiger charge is 2.18. The third-order valence-electron chi connectivity index (χ3n) is 2.27. The fourth-order valence-electron chi connectivity index (χ4n) is 1.23. The molecule has 1 aromatic rings. The second kappa shape index (κ2) is 5.69. The van der Waals surface area contributed by atoms with E-state index in [4.69, 9.17) is 0 Å². The molecule has 1 unspecified atom stereocenters. The molecule has 0 aliphatic carbocycles. The fraction of sp³-hybridized carbons (Fsp3) is 0.500. The molecule has 5 nitrogen and oxygen atoms in total. The number of thioether (sulfide) groups is 1. The standard InChI is InChI=1S/C10H15N3O2S/c1-7-4-5-11-10(9(7)13(14)15)12-6-8(2)16-3/h4-5,8H,6H2,1-3H3,(H,11,12). The van der Waals surface area contributed by atoms with Crippen molar-refractivity contribution in [3.63, 3.8) is 0 Å². The summed E-state index contributed by atoms with van der Waals surface area (Å²) in [6.45, 7) is 4.43. The van der Waals surface area contributed by atoms with Crippen molar-refractivity contribution in [1.29, 1.82) is 0 Å². The molecule has 1 rings (SSSR count). The van der Waals surface area contributed by atoms with Gasteiger partial charge >= 0.3 is 5.69 Å². The lowest BCUT2D eigenvalue weighted by Crippen LogP contribution is -2.14. The van der Waals surface area contributed by atoms with Crippen molar-refractivity contribution < 1.29 is 4.92 Å². The summed E-state index contributed by atoms with van der Waals surface area (Å²) in [6.07, 6.45) is 3.58. The number of pyridine rings is 1. The Morgan fingerprint density at radius 1 is 1.69 bits per heavy atom. The number of aromatic nitrogens is 1. The summed E-state index contributed by atoms with van der Waals surface area (Å²) in [5.41, 5.74) is 0.690. The summed E-state index contributed by atoms with van der Waals surface area (Å²) in [5, 5.41) is 14.3. The number of rotatable bonds is 5. The van der Waals surface area contributed by atoms with Crippen LogP contribution in [0.3, 0.4) is 0 Å². The normalized spacial score (nSPS) is 12.2. The van der Waals surface area contributed by atoms with Gasteiger partial charge in [0.2, 0.25) is 5.82 Å². The van der Waals surface area contributed by atoms with E-state index in [0.29, 0.717) is 23.2 Å². The maximum absolute atomic E-state index is 10.9. The molecule has 0 amide bonds. The minimum atomic E-state index is -0.394. The molecule has 1 N–H and O–H groups in total. The molecule has 88 valence electrons. The number of nitro groups is 1. The molecule has 16 heavy (non-hydrogen) atoms. The van der Waals surface area contributed by atoms with Crippen LogP contribution in [0.15, 0.2) is 12.3 Å². The van der Waals surface area contributed by atoms with Gasteiger partial charge in [-0.1, -0.05) is 6.92 Å². The lowest BCUT2D eigenvalue weighted by molar-refractivity contribution is -0.384. The van der Waals surface area contributed by atoms with Gasteiger partial charge in [0.15, 0.2) is 0 Å². The molecule has 0 aliphatic rings. The lowest BCUT2D eigenvalue weighted by atomic mass is 10.2. The first-order chi connectivity index (χ1) is 7.56. The molecular weight excluding hydrogens is 226 g/mol. The lowest BCUT2D eigenvalue weighted by Gasteiger charge is -2.10. The van der Waals surface area contributed by atoms with E-state index in [1.54, 1.807) is 30.9 Å². The second-order valence-electron chi connectivity index (χ2n) is 3.51. The minimum absolute atomic E-state index is 0.0656. The molecule has 0 fully saturated rings. The summed E-state index contributed by atoms with van der Waals surface area (Å²) < 4.78 is 0. The van der Waals surface area contributed by atoms with Crippen LogP contribution in [0.2, 0.25) is 0 Å². The molecule has 6 heteroatoms. The van der Waals surface area contributed by atoms with Crippen LogP contribution in [0.4, 0.5) is 11.5 Å². The van der Waals surface area contributed by atoms with Gasteiger partial charge in [-0.25, -0.2) is 4.98 Å². The Hall–Kier alpha value is -1.30. The zero-order valence-electron chi connectivity index (χ0n) is 9.56. The van der Waals surface area contributed by atoms with E-state index < -0.39 is 4.92 Å². The Labute approximate surface area is 98.8 Å². The second-order valence-corrected chi connectivity index (χ2v) is 4.79. The van der Waals surface area contributed by atoms with E-state index in [1.807, 2.05) is 6.26 Å². The van der Waals surface area contributed by atoms with E-state index in [2.05, 4.69) is 17.2 Å². The summed E-state index contributed by atoms with van der Waals surface area (Å²) in [4.78, 5) is 14.5. The Kier molecular flexibility index (Phi) is 4.54. The van der Waals surface area contributed by atoms with Gasteiger partial charge in [-0.3, -0.25) is 10.1 Å². The van der Waals surface area contributed by atoms with E-state index in [9.17, 15) is 10.1 Å². The maximum atomic E-state index is 10.9. The molecule has 0 bridgehead atoms. The predicted molar refractivity (Wildman–Crippen MR) is 67.1 cm³/mol. The van der Waals surface area contributed by atoms with Crippen LogP contribution in [-0.2, 0) is 0 Å². The monoisotopic (exact) mass is 241 g/mol. The molecule has 0 spiro atoms. The van der Waals surface area contributed by atoms with Gasteiger partial charge in [-0.2, -0.15) is 11.8 Å². The third-order valence-corrected chi connectivity index (χ3v) is 3.24. The van der Waals surface area contributed by atoms with Crippen molar-refractivity contribution in [3.05, 3.63) is 27.9 Å². The fourth-order valence-corrected chi connectivity index (χ4v) is 1.48. The van der Waals surface area contributed by atoms with Gasteiger partial charge in [0.1, 0.15) is 0 Å². The van der Waals surface area contributed by atoms with Crippen LogP contribution in [0.25, 0.3) is 0 Å². The number of hydrogen-bond acceptors (Lipinski definition) is 5. The molecule has 0 radical (unpaired) electrons. The van der Waals surface area contributed by atoms with E-state index in [0.717, 1.165) is 0 Å². The Balaban J connectivity index is 2.87. The highest BCUT2D eigenvalue weighted by atomic mass is 32.2. The van der Waals surface area contributed by atoms with Crippen molar-refractivity contribution in [1.82, 2.24) is 4.98 Å². The first-order valence-electron chi connectivity index (χ1n) is 4.93. The molecule has 1 aromatic heterocycles. The van der Waals surface area contributed by atoms with Crippen LogP contribution in [0, 0.1) is 17.0 Å². The van der Waals surface area contributed by atoms with E-state index >= 15 is 0 Å². The van der Waals surface area contributed by atoms with Gasteiger partial charge in [-0.05, 0) is 19.2 Å². The van der Waals surface area contributed by atoms with Gasteiger partial charge < -0.3 is 5.32 Å². The van der Waals surface area contributed by atoms with Crippen LogP contribution >= 0.6 is 11.8 Å². The largest absolute Gasteiger partial charge is 0.363 e. The Morgan fingerprint density at radius 3 is 2.94 bits per heavy atom. The highest BCUT2D eigenvalue weighted by molar-refractivity contribution is 7.99. The van der Waals surface area contributed by atoms with Gasteiger partial charge in [0.05, 0.1) is 4.92 Å². The molecule has 1 atom stereocenters. The van der Waals surface area contributed by atoms with Crippen LogP contribution in [0.5, 0.6) is 0 Å². The third kappa shape index (κ3) is 3.10. The van der Waals surface area contributed by atoms with Crippen LogP contribution < -0.4 is 5.32 Å². The zero-order valence-corrected chi connectivity index (χ0v) is 10.4. The molecule has 0 saturated carbocycles. The SMILES string of the molecule is CSC(C)CNc1nccc(C)c1[N+](=O)[O-]. The van der Waals surface area contributed by atoms with Crippen molar-refractivity contribution in [2.24, 2.45) is 0 Å². The average molecular weight is 241 g/mol. The molecule has 0 aromatic carbocycles. The van der Waals surface area contributed by atoms with Gasteiger partial charge in [-0.15, -0.1) is 0 Å². The number of aryl methyl sites for hydroxylation is 1. The summed E-state index contributed by atoms with van der Waals surface area (Å²) >= 11 is 1.70. The smallest absolute Gasteiger partial charge is 0.314 e. The van der Waals surface area contributed by atoms with E-state index in [1.165, 1.54) is 0 Å². The van der Waals surface area contributed by atoms with Crippen molar-refractivity contribution in [3.8, 4) is 0 Å². The molecule has 0 aliphatic heterocycles. The summed E-state index contributed by atoms with van der Waals surface area (Å²) in [7, 11) is 0. The van der Waals surface area contributed by atoms with Gasteiger partial charge in [0.25, 0.3) is 0 Å². The zero-order chi connectivity index (χ0) is 12.1. The van der Waals surface area contributed by atoms with Gasteiger partial charge in [0, 0.05) is 23.6 Å². The van der Waals surface area contributed by atoms with E-state index in [-0.39, 0.29) is 5.69 Å². The average Bonchev–Trinajstić information content (AvgIpc) is 2.25. The summed E-state index contributed by atoms with van der Waals surface area (Å²) in [6, 6.07) is 1.64. The molecule has 1 heterocycles. The minimum Gasteiger partial charge on any atom is -0.363 e. The quantitative estimate of drug-likeness (QED) is 0.633. The Bertz CT molecular complexity index is 384. The highest BCUT2D eigenvalue weighted by Crippen LogP contribution is 2.25. The number of nitrogens with zero attached hydrogens (tertiary/aromatic N) is 2. The van der Waals surface area contributed by atoms with Crippen LogP contribution in [-0.4, -0.2) is 28.0 Å². The molecular formula is C10H15N3O2S. The van der Waals surface area contributed by atoms with Crippen molar-refractivity contribution in [2.75, 3.05) is 18.1 Å². The summed E-state index contributed by atoms with van der Waals surface area (Å²) in [5.74, 6) is 0.353. The molecule has 0 saturated heterocycles. The predicted octanol–water partition coefficient (Wildman–Crippen LogP) is 2.46. The number of anilines is 1. The van der Waals surface area contributed by atoms with Crippen molar-refractivity contribution >= 4 is 23.3 Å². The Morgan fingerprint density at radius 2 is 2.38 bits per heavy atom. The maximum Gasteiger partial charge on any atom is 0.314 e. The topological polar surface area (TPSA) is 68.1 Å². The van der Waals surface area contributed by atoms with Crippen LogP contribution in [0.1, 0.15) is 12.5 Å². The number of nitrogens with one attached hydrogen (secondary N) is 1. The van der Waals surface area contributed by atoms with Crippen molar-refractivity contribution in [2.45, 2.75) is 19.1 Å². The first kappa shape index (κ1) is 12.8. The number of hydrogen-bond donors (Lipinski definition) is 1.